The minimum atomic E-state index is 0.399. The zero-order valence-corrected chi connectivity index (χ0v) is 18.8. The minimum absolute atomic E-state index is 0.399. The van der Waals surface area contributed by atoms with Gasteiger partial charge in [0, 0.05) is 45.2 Å². The summed E-state index contributed by atoms with van der Waals surface area (Å²) < 4.78 is 8.24. The molecule has 0 amide bonds. The van der Waals surface area contributed by atoms with E-state index in [1.54, 1.807) is 0 Å². The summed E-state index contributed by atoms with van der Waals surface area (Å²) in [6.45, 7) is 13.0. The van der Waals surface area contributed by atoms with Gasteiger partial charge in [-0.15, -0.1) is 0 Å². The van der Waals surface area contributed by atoms with Crippen LogP contribution in [0.25, 0.3) is 0 Å². The van der Waals surface area contributed by atoms with Crippen molar-refractivity contribution in [2.45, 2.75) is 65.3 Å². The third-order valence-electron chi connectivity index (χ3n) is 6.87. The number of imidazole rings is 1. The van der Waals surface area contributed by atoms with Crippen molar-refractivity contribution in [2.75, 3.05) is 32.8 Å². The number of benzene rings is 1. The standard InChI is InChI=1S/C25H38N4O/c1-3-29-15-12-26-25(29)20-28(19-24-9-6-16-30-24)17-22-10-13-27(14-11-22)18-23-8-5-4-7-21(23)2/h4-5,7-8,12,15,22,24H,3,6,9-11,13-14,16-20H2,1-2H3. The largest absolute Gasteiger partial charge is 0.377 e. The van der Waals surface area contributed by atoms with Gasteiger partial charge in [0.25, 0.3) is 0 Å². The van der Waals surface area contributed by atoms with Crippen LogP contribution in [0, 0.1) is 12.8 Å². The van der Waals surface area contributed by atoms with Crippen LogP contribution in [-0.2, 0) is 24.4 Å². The minimum Gasteiger partial charge on any atom is -0.377 e. The van der Waals surface area contributed by atoms with Crippen molar-refractivity contribution >= 4 is 0 Å². The lowest BCUT2D eigenvalue weighted by Crippen LogP contribution is -2.41. The summed E-state index contributed by atoms with van der Waals surface area (Å²) >= 11 is 0. The molecule has 0 aliphatic carbocycles. The molecule has 0 bridgehead atoms. The molecule has 2 fully saturated rings. The van der Waals surface area contributed by atoms with Crippen molar-refractivity contribution in [1.29, 1.82) is 0 Å². The summed E-state index contributed by atoms with van der Waals surface area (Å²) in [4.78, 5) is 9.88. The number of nitrogens with zero attached hydrogens (tertiary/aromatic N) is 4. The van der Waals surface area contributed by atoms with Gasteiger partial charge in [-0.05, 0) is 69.7 Å². The highest BCUT2D eigenvalue weighted by Gasteiger charge is 2.25. The summed E-state index contributed by atoms with van der Waals surface area (Å²) in [5.74, 6) is 1.96. The van der Waals surface area contributed by atoms with E-state index in [1.165, 1.54) is 55.7 Å². The number of ether oxygens (including phenoxy) is 1. The molecule has 1 unspecified atom stereocenters. The van der Waals surface area contributed by atoms with Crippen LogP contribution < -0.4 is 0 Å². The van der Waals surface area contributed by atoms with Gasteiger partial charge in [-0.2, -0.15) is 0 Å². The number of likely N-dealkylation sites (tertiary alicyclic amines) is 1. The Bertz CT molecular complexity index is 775. The van der Waals surface area contributed by atoms with E-state index < -0.39 is 0 Å². The van der Waals surface area contributed by atoms with E-state index in [1.807, 2.05) is 6.20 Å². The van der Waals surface area contributed by atoms with E-state index >= 15 is 0 Å². The molecule has 4 rings (SSSR count). The average molecular weight is 411 g/mol. The Kier molecular flexibility index (Phi) is 7.58. The first kappa shape index (κ1) is 21.5. The van der Waals surface area contributed by atoms with Crippen LogP contribution in [0.5, 0.6) is 0 Å². The van der Waals surface area contributed by atoms with E-state index in [4.69, 9.17) is 4.74 Å². The fraction of sp³-hybridized carbons (Fsp3) is 0.640. The maximum Gasteiger partial charge on any atom is 0.122 e. The number of piperidine rings is 1. The second kappa shape index (κ2) is 10.6. The Morgan fingerprint density at radius 3 is 2.70 bits per heavy atom. The summed E-state index contributed by atoms with van der Waals surface area (Å²) in [7, 11) is 0. The molecule has 0 N–H and O–H groups in total. The first-order chi connectivity index (χ1) is 14.7. The van der Waals surface area contributed by atoms with Crippen LogP contribution >= 0.6 is 0 Å². The third kappa shape index (κ3) is 5.71. The molecule has 2 saturated heterocycles. The van der Waals surface area contributed by atoms with Crippen molar-refractivity contribution in [3.05, 3.63) is 53.6 Å². The van der Waals surface area contributed by atoms with E-state index in [0.717, 1.165) is 45.2 Å². The van der Waals surface area contributed by atoms with E-state index in [-0.39, 0.29) is 0 Å². The number of hydrogen-bond donors (Lipinski definition) is 0. The molecule has 2 aromatic rings. The molecule has 3 heterocycles. The average Bonchev–Trinajstić information content (AvgIpc) is 3.43. The fourth-order valence-corrected chi connectivity index (χ4v) is 4.98. The van der Waals surface area contributed by atoms with Gasteiger partial charge >= 0.3 is 0 Å². The van der Waals surface area contributed by atoms with Crippen molar-refractivity contribution in [3.8, 4) is 0 Å². The first-order valence-corrected chi connectivity index (χ1v) is 11.8. The lowest BCUT2D eigenvalue weighted by molar-refractivity contribution is 0.0556. The first-order valence-electron chi connectivity index (χ1n) is 11.8. The van der Waals surface area contributed by atoms with Gasteiger partial charge < -0.3 is 9.30 Å². The van der Waals surface area contributed by atoms with Crippen LogP contribution in [0.3, 0.4) is 0 Å². The van der Waals surface area contributed by atoms with Crippen molar-refractivity contribution in [3.63, 3.8) is 0 Å². The quantitative estimate of drug-likeness (QED) is 0.623. The molecule has 2 aliphatic rings. The zero-order valence-electron chi connectivity index (χ0n) is 18.8. The molecule has 1 aromatic heterocycles. The van der Waals surface area contributed by atoms with Crippen LogP contribution in [0.4, 0.5) is 0 Å². The molecule has 30 heavy (non-hydrogen) atoms. The predicted molar refractivity (Wildman–Crippen MR) is 121 cm³/mol. The number of aromatic nitrogens is 2. The normalized spacial score (nSPS) is 21.0. The molecule has 1 atom stereocenters. The van der Waals surface area contributed by atoms with E-state index in [0.29, 0.717) is 6.10 Å². The predicted octanol–water partition coefficient (Wildman–Crippen LogP) is 4.10. The van der Waals surface area contributed by atoms with Gasteiger partial charge in [-0.25, -0.2) is 4.98 Å². The van der Waals surface area contributed by atoms with Gasteiger partial charge in [-0.3, -0.25) is 9.80 Å². The zero-order chi connectivity index (χ0) is 20.8. The molecule has 5 heteroatoms. The lowest BCUT2D eigenvalue weighted by atomic mass is 9.95. The second-order valence-electron chi connectivity index (χ2n) is 9.10. The topological polar surface area (TPSA) is 33.5 Å². The molecule has 0 saturated carbocycles. The Labute approximate surface area is 182 Å². The molecule has 1 aromatic carbocycles. The van der Waals surface area contributed by atoms with Crippen molar-refractivity contribution in [1.82, 2.24) is 19.4 Å². The number of hydrogen-bond acceptors (Lipinski definition) is 4. The summed E-state index contributed by atoms with van der Waals surface area (Å²) in [5, 5.41) is 0. The summed E-state index contributed by atoms with van der Waals surface area (Å²) in [6, 6.07) is 8.81. The Morgan fingerprint density at radius 1 is 1.13 bits per heavy atom. The summed E-state index contributed by atoms with van der Waals surface area (Å²) in [6.07, 6.45) is 9.42. The number of rotatable bonds is 9. The van der Waals surface area contributed by atoms with Crippen LogP contribution in [0.15, 0.2) is 36.7 Å². The third-order valence-corrected chi connectivity index (χ3v) is 6.87. The van der Waals surface area contributed by atoms with Crippen molar-refractivity contribution in [2.24, 2.45) is 5.92 Å². The van der Waals surface area contributed by atoms with Crippen LogP contribution in [-0.4, -0.2) is 58.2 Å². The Hall–Kier alpha value is -1.69. The van der Waals surface area contributed by atoms with Crippen LogP contribution in [0.1, 0.15) is 49.6 Å². The molecule has 164 valence electrons. The van der Waals surface area contributed by atoms with Gasteiger partial charge in [0.05, 0.1) is 12.6 Å². The summed E-state index contributed by atoms with van der Waals surface area (Å²) in [5.41, 5.74) is 2.89. The van der Waals surface area contributed by atoms with Gasteiger partial charge in [0.1, 0.15) is 5.82 Å². The van der Waals surface area contributed by atoms with Gasteiger partial charge in [0.2, 0.25) is 0 Å². The van der Waals surface area contributed by atoms with E-state index in [2.05, 4.69) is 63.7 Å². The maximum atomic E-state index is 5.97. The Balaban J connectivity index is 1.32. The Morgan fingerprint density at radius 2 is 1.97 bits per heavy atom. The van der Waals surface area contributed by atoms with Crippen molar-refractivity contribution < 1.29 is 4.74 Å². The SMILES string of the molecule is CCn1ccnc1CN(CC1CCN(Cc2ccccc2C)CC1)CC1CCCO1. The lowest BCUT2D eigenvalue weighted by Gasteiger charge is -2.35. The molecule has 0 radical (unpaired) electrons. The highest BCUT2D eigenvalue weighted by atomic mass is 16.5. The molecule has 2 aliphatic heterocycles. The van der Waals surface area contributed by atoms with E-state index in [9.17, 15) is 0 Å². The molecular formula is C25H38N4O. The molecular weight excluding hydrogens is 372 g/mol. The monoisotopic (exact) mass is 410 g/mol. The number of aryl methyl sites for hydroxylation is 2. The molecule has 5 nitrogen and oxygen atoms in total. The van der Waals surface area contributed by atoms with Gasteiger partial charge in [-0.1, -0.05) is 24.3 Å². The van der Waals surface area contributed by atoms with Crippen LogP contribution in [0.2, 0.25) is 0 Å². The molecule has 0 spiro atoms. The maximum absolute atomic E-state index is 5.97. The smallest absolute Gasteiger partial charge is 0.122 e. The highest BCUT2D eigenvalue weighted by Crippen LogP contribution is 2.23. The second-order valence-corrected chi connectivity index (χ2v) is 9.10. The fourth-order valence-electron chi connectivity index (χ4n) is 4.98. The highest BCUT2D eigenvalue weighted by molar-refractivity contribution is 5.25. The van der Waals surface area contributed by atoms with Gasteiger partial charge in [0.15, 0.2) is 0 Å².